The molecule has 1 unspecified atom stereocenters. The van der Waals surface area contributed by atoms with Crippen LogP contribution in [0.25, 0.3) is 0 Å². The summed E-state index contributed by atoms with van der Waals surface area (Å²) < 4.78 is 38.0. The van der Waals surface area contributed by atoms with Gasteiger partial charge in [0.05, 0.1) is 5.92 Å². The Labute approximate surface area is 113 Å². The van der Waals surface area contributed by atoms with Gasteiger partial charge >= 0.3 is 6.18 Å². The maximum atomic E-state index is 12.7. The number of amides is 1. The van der Waals surface area contributed by atoms with Crippen molar-refractivity contribution in [1.82, 2.24) is 9.88 Å². The molecule has 0 radical (unpaired) electrons. The van der Waals surface area contributed by atoms with Crippen molar-refractivity contribution in [2.45, 2.75) is 19.0 Å². The molecule has 1 aliphatic rings. The highest BCUT2D eigenvalue weighted by atomic mass is 35.5. The van der Waals surface area contributed by atoms with Crippen molar-refractivity contribution >= 4 is 17.5 Å². The van der Waals surface area contributed by atoms with E-state index in [1.165, 1.54) is 23.2 Å². The molecule has 1 aromatic heterocycles. The van der Waals surface area contributed by atoms with Gasteiger partial charge in [-0.1, -0.05) is 11.6 Å². The van der Waals surface area contributed by atoms with Gasteiger partial charge in [0.15, 0.2) is 0 Å². The third kappa shape index (κ3) is 3.37. The summed E-state index contributed by atoms with van der Waals surface area (Å²) in [4.78, 5) is 17.1. The second-order valence-electron chi connectivity index (χ2n) is 4.49. The summed E-state index contributed by atoms with van der Waals surface area (Å²) in [5, 5.41) is 0.336. The number of carbonyl (C=O) groups excluding carboxylic acids is 1. The Kier molecular flexibility index (Phi) is 3.99. The second-order valence-corrected chi connectivity index (χ2v) is 4.93. The van der Waals surface area contributed by atoms with Crippen molar-refractivity contribution in [2.75, 3.05) is 13.1 Å². The maximum Gasteiger partial charge on any atom is 0.393 e. The van der Waals surface area contributed by atoms with E-state index >= 15 is 0 Å². The molecule has 0 bridgehead atoms. The Morgan fingerprint density at radius 2 is 2.21 bits per heavy atom. The minimum Gasteiger partial charge on any atom is -0.337 e. The van der Waals surface area contributed by atoms with E-state index in [1.807, 2.05) is 0 Å². The molecule has 2 rings (SSSR count). The van der Waals surface area contributed by atoms with E-state index in [0.29, 0.717) is 18.0 Å². The number of piperidine rings is 1. The van der Waals surface area contributed by atoms with E-state index in [0.717, 1.165) is 0 Å². The van der Waals surface area contributed by atoms with Crippen LogP contribution in [-0.4, -0.2) is 35.1 Å². The number of hydrogen-bond donors (Lipinski definition) is 0. The maximum absolute atomic E-state index is 12.7. The highest BCUT2D eigenvalue weighted by Gasteiger charge is 2.42. The molecule has 19 heavy (non-hydrogen) atoms. The Hall–Kier alpha value is -1.30. The lowest BCUT2D eigenvalue weighted by molar-refractivity contribution is -0.184. The summed E-state index contributed by atoms with van der Waals surface area (Å²) in [7, 11) is 0. The number of nitrogens with zero attached hydrogens (tertiary/aromatic N) is 2. The zero-order valence-corrected chi connectivity index (χ0v) is 10.7. The predicted octanol–water partition coefficient (Wildman–Crippen LogP) is 3.15. The molecule has 0 saturated carbocycles. The SMILES string of the molecule is O=C(c1cc(Cl)ccn1)N1CCCC(C(F)(F)F)C1. The van der Waals surface area contributed by atoms with Gasteiger partial charge in [-0.05, 0) is 25.0 Å². The summed E-state index contributed by atoms with van der Waals surface area (Å²) in [5.74, 6) is -1.96. The van der Waals surface area contributed by atoms with Crippen molar-refractivity contribution in [3.8, 4) is 0 Å². The molecule has 7 heteroatoms. The lowest BCUT2D eigenvalue weighted by Gasteiger charge is -2.33. The van der Waals surface area contributed by atoms with Crippen LogP contribution in [0.2, 0.25) is 5.02 Å². The minimum absolute atomic E-state index is 0.0657. The first-order valence-electron chi connectivity index (χ1n) is 5.85. The van der Waals surface area contributed by atoms with Crippen molar-refractivity contribution < 1.29 is 18.0 Å². The van der Waals surface area contributed by atoms with Crippen LogP contribution in [-0.2, 0) is 0 Å². The zero-order chi connectivity index (χ0) is 14.0. The third-order valence-electron chi connectivity index (χ3n) is 3.11. The number of carbonyl (C=O) groups is 1. The lowest BCUT2D eigenvalue weighted by Crippen LogP contribution is -2.44. The summed E-state index contributed by atoms with van der Waals surface area (Å²) in [6, 6.07) is 2.87. The number of alkyl halides is 3. The Morgan fingerprint density at radius 1 is 1.47 bits per heavy atom. The molecule has 104 valence electrons. The number of halogens is 4. The highest BCUT2D eigenvalue weighted by Crippen LogP contribution is 2.33. The van der Waals surface area contributed by atoms with Crippen LogP contribution in [0.4, 0.5) is 13.2 Å². The lowest BCUT2D eigenvalue weighted by atomic mass is 9.97. The molecule has 0 spiro atoms. The molecule has 1 aromatic rings. The van der Waals surface area contributed by atoms with Crippen LogP contribution >= 0.6 is 11.6 Å². The van der Waals surface area contributed by atoms with Gasteiger partial charge in [-0.2, -0.15) is 13.2 Å². The van der Waals surface area contributed by atoms with Gasteiger partial charge in [-0.15, -0.1) is 0 Å². The van der Waals surface area contributed by atoms with Gasteiger partial charge in [0, 0.05) is 24.3 Å². The largest absolute Gasteiger partial charge is 0.393 e. The number of hydrogen-bond acceptors (Lipinski definition) is 2. The van der Waals surface area contributed by atoms with Gasteiger partial charge < -0.3 is 4.90 Å². The molecule has 0 aliphatic carbocycles. The Balaban J connectivity index is 2.11. The summed E-state index contributed by atoms with van der Waals surface area (Å²) >= 11 is 5.74. The average molecular weight is 293 g/mol. The molecule has 1 amide bonds. The molecule has 3 nitrogen and oxygen atoms in total. The molecular formula is C12H12ClF3N2O. The van der Waals surface area contributed by atoms with E-state index in [2.05, 4.69) is 4.98 Å². The Morgan fingerprint density at radius 3 is 2.84 bits per heavy atom. The summed E-state index contributed by atoms with van der Waals surface area (Å²) in [5.41, 5.74) is 0.0790. The fourth-order valence-electron chi connectivity index (χ4n) is 2.11. The molecule has 0 aromatic carbocycles. The van der Waals surface area contributed by atoms with Gasteiger partial charge in [0.25, 0.3) is 5.91 Å². The number of pyridine rings is 1. The van der Waals surface area contributed by atoms with Gasteiger partial charge in [-0.3, -0.25) is 9.78 Å². The van der Waals surface area contributed by atoms with E-state index in [-0.39, 0.29) is 18.7 Å². The van der Waals surface area contributed by atoms with Crippen LogP contribution in [0.3, 0.4) is 0 Å². The van der Waals surface area contributed by atoms with Crippen LogP contribution in [0.1, 0.15) is 23.3 Å². The van der Waals surface area contributed by atoms with Crippen LogP contribution in [0.15, 0.2) is 18.3 Å². The zero-order valence-electron chi connectivity index (χ0n) is 9.95. The number of likely N-dealkylation sites (tertiary alicyclic amines) is 1. The Bertz CT molecular complexity index is 478. The number of rotatable bonds is 1. The van der Waals surface area contributed by atoms with Gasteiger partial charge in [0.1, 0.15) is 5.69 Å². The first-order chi connectivity index (χ1) is 8.88. The molecule has 1 saturated heterocycles. The molecule has 0 N–H and O–H groups in total. The van der Waals surface area contributed by atoms with Crippen LogP contribution < -0.4 is 0 Å². The van der Waals surface area contributed by atoms with Crippen molar-refractivity contribution in [1.29, 1.82) is 0 Å². The monoisotopic (exact) mass is 292 g/mol. The van der Waals surface area contributed by atoms with Gasteiger partial charge in [0.2, 0.25) is 0 Å². The van der Waals surface area contributed by atoms with Gasteiger partial charge in [-0.25, -0.2) is 0 Å². The van der Waals surface area contributed by atoms with Crippen molar-refractivity contribution in [2.24, 2.45) is 5.92 Å². The molecule has 2 heterocycles. The van der Waals surface area contributed by atoms with E-state index in [9.17, 15) is 18.0 Å². The normalized spacial score (nSPS) is 20.4. The summed E-state index contributed by atoms with van der Waals surface area (Å²) in [6.07, 6.45) is -2.49. The van der Waals surface area contributed by atoms with Crippen molar-refractivity contribution in [3.05, 3.63) is 29.0 Å². The van der Waals surface area contributed by atoms with E-state index in [1.54, 1.807) is 0 Å². The highest BCUT2D eigenvalue weighted by molar-refractivity contribution is 6.30. The molecule has 1 atom stereocenters. The standard InChI is InChI=1S/C12H12ClF3N2O/c13-9-3-4-17-10(6-9)11(19)18-5-1-2-8(7-18)12(14,15)16/h3-4,6,8H,1-2,5,7H2. The molecule has 1 aliphatic heterocycles. The minimum atomic E-state index is -4.26. The topological polar surface area (TPSA) is 33.2 Å². The van der Waals surface area contributed by atoms with Crippen LogP contribution in [0, 0.1) is 5.92 Å². The molecule has 1 fully saturated rings. The molecular weight excluding hydrogens is 281 g/mol. The third-order valence-corrected chi connectivity index (χ3v) is 3.35. The fraction of sp³-hybridized carbons (Fsp3) is 0.500. The van der Waals surface area contributed by atoms with E-state index < -0.39 is 18.0 Å². The quantitative estimate of drug-likeness (QED) is 0.796. The predicted molar refractivity (Wildman–Crippen MR) is 63.9 cm³/mol. The first-order valence-corrected chi connectivity index (χ1v) is 6.23. The first kappa shape index (κ1) is 14.1. The number of aromatic nitrogens is 1. The van der Waals surface area contributed by atoms with E-state index in [4.69, 9.17) is 11.6 Å². The van der Waals surface area contributed by atoms with Crippen LogP contribution in [0.5, 0.6) is 0 Å². The summed E-state index contributed by atoms with van der Waals surface area (Å²) in [6.45, 7) is 0.0101. The fourth-order valence-corrected chi connectivity index (χ4v) is 2.27. The second kappa shape index (κ2) is 5.36. The smallest absolute Gasteiger partial charge is 0.337 e. The average Bonchev–Trinajstić information content (AvgIpc) is 2.37. The van der Waals surface area contributed by atoms with Crippen molar-refractivity contribution in [3.63, 3.8) is 0 Å².